The van der Waals surface area contributed by atoms with Gasteiger partial charge in [-0.2, -0.15) is 0 Å². The number of nitrogens with two attached hydrogens (primary N) is 1. The van der Waals surface area contributed by atoms with E-state index in [1.165, 1.54) is 0 Å². The van der Waals surface area contributed by atoms with Gasteiger partial charge in [-0.05, 0) is 6.42 Å². The van der Waals surface area contributed by atoms with Crippen molar-refractivity contribution in [3.63, 3.8) is 0 Å². The van der Waals surface area contributed by atoms with Crippen molar-refractivity contribution in [2.45, 2.75) is 12.5 Å². The molecule has 1 aliphatic rings. The lowest BCUT2D eigenvalue weighted by molar-refractivity contribution is 0.00137. The number of hydrogen-bond acceptors (Lipinski definition) is 4. The molecule has 0 amide bonds. The molecule has 0 bridgehead atoms. The SMILES string of the molecule is NCN1CCC(O)C(CO)C1. The third kappa shape index (κ3) is 2.13. The second-order valence-corrected chi connectivity index (χ2v) is 3.06. The van der Waals surface area contributed by atoms with Gasteiger partial charge in [0.05, 0.1) is 6.10 Å². The van der Waals surface area contributed by atoms with Crippen LogP contribution in [-0.4, -0.2) is 47.6 Å². The highest BCUT2D eigenvalue weighted by atomic mass is 16.3. The smallest absolute Gasteiger partial charge is 0.0614 e. The van der Waals surface area contributed by atoms with E-state index in [1.807, 2.05) is 4.90 Å². The molecule has 2 atom stereocenters. The van der Waals surface area contributed by atoms with Crippen LogP contribution in [0.1, 0.15) is 6.42 Å². The molecule has 1 fully saturated rings. The third-order valence-corrected chi connectivity index (χ3v) is 2.27. The largest absolute Gasteiger partial charge is 0.396 e. The first-order valence-corrected chi connectivity index (χ1v) is 3.99. The summed E-state index contributed by atoms with van der Waals surface area (Å²) in [6, 6.07) is 0. The van der Waals surface area contributed by atoms with Crippen LogP contribution >= 0.6 is 0 Å². The standard InChI is InChI=1S/C7H16N2O2/c8-5-9-2-1-7(11)6(3-9)4-10/h6-7,10-11H,1-5,8H2. The molecule has 4 N–H and O–H groups in total. The Morgan fingerprint density at radius 2 is 2.27 bits per heavy atom. The molecule has 0 aromatic heterocycles. The number of likely N-dealkylation sites (tertiary alicyclic amines) is 1. The van der Waals surface area contributed by atoms with Crippen LogP contribution in [0.2, 0.25) is 0 Å². The van der Waals surface area contributed by atoms with Crippen LogP contribution in [0, 0.1) is 5.92 Å². The molecular weight excluding hydrogens is 144 g/mol. The number of aliphatic hydroxyl groups is 2. The Balaban J connectivity index is 2.37. The van der Waals surface area contributed by atoms with Crippen molar-refractivity contribution in [3.05, 3.63) is 0 Å². The number of nitrogens with zero attached hydrogens (tertiary/aromatic N) is 1. The Morgan fingerprint density at radius 1 is 1.55 bits per heavy atom. The summed E-state index contributed by atoms with van der Waals surface area (Å²) in [6.45, 7) is 2.13. The van der Waals surface area contributed by atoms with Crippen LogP contribution in [0.5, 0.6) is 0 Å². The second kappa shape index (κ2) is 4.01. The Labute approximate surface area is 66.6 Å². The van der Waals surface area contributed by atoms with Crippen molar-refractivity contribution < 1.29 is 10.2 Å². The highest BCUT2D eigenvalue weighted by Gasteiger charge is 2.25. The number of hydrogen-bond donors (Lipinski definition) is 3. The van der Waals surface area contributed by atoms with E-state index in [0.717, 1.165) is 13.0 Å². The molecule has 1 rings (SSSR count). The third-order valence-electron chi connectivity index (χ3n) is 2.27. The van der Waals surface area contributed by atoms with Crippen molar-refractivity contribution in [2.24, 2.45) is 11.7 Å². The van der Waals surface area contributed by atoms with E-state index in [0.29, 0.717) is 13.2 Å². The van der Waals surface area contributed by atoms with Crippen LogP contribution in [0.3, 0.4) is 0 Å². The first-order valence-electron chi connectivity index (χ1n) is 3.99. The highest BCUT2D eigenvalue weighted by Crippen LogP contribution is 2.15. The zero-order valence-corrected chi connectivity index (χ0v) is 6.61. The molecule has 0 radical (unpaired) electrons. The Bertz CT molecular complexity index is 121. The van der Waals surface area contributed by atoms with Gasteiger partial charge in [-0.1, -0.05) is 0 Å². The maximum atomic E-state index is 9.35. The highest BCUT2D eigenvalue weighted by molar-refractivity contribution is 4.78. The molecule has 4 nitrogen and oxygen atoms in total. The normalized spacial score (nSPS) is 34.1. The molecule has 0 aromatic carbocycles. The summed E-state index contributed by atoms with van der Waals surface area (Å²) in [4.78, 5) is 2.04. The minimum atomic E-state index is -0.345. The zero-order valence-electron chi connectivity index (χ0n) is 6.61. The summed E-state index contributed by atoms with van der Waals surface area (Å²) in [7, 11) is 0. The lowest BCUT2D eigenvalue weighted by Crippen LogP contribution is -2.46. The molecule has 0 saturated carbocycles. The van der Waals surface area contributed by atoms with Gasteiger partial charge < -0.3 is 15.9 Å². The predicted molar refractivity (Wildman–Crippen MR) is 41.8 cm³/mol. The maximum Gasteiger partial charge on any atom is 0.0614 e. The van der Waals surface area contributed by atoms with Gasteiger partial charge in [0.25, 0.3) is 0 Å². The van der Waals surface area contributed by atoms with E-state index in [-0.39, 0.29) is 18.6 Å². The topological polar surface area (TPSA) is 69.7 Å². The predicted octanol–water partition coefficient (Wildman–Crippen LogP) is -1.42. The van der Waals surface area contributed by atoms with E-state index in [1.54, 1.807) is 0 Å². The molecule has 2 unspecified atom stereocenters. The average molecular weight is 160 g/mol. The molecule has 0 aliphatic carbocycles. The monoisotopic (exact) mass is 160 g/mol. The Hall–Kier alpha value is -0.160. The molecule has 1 aliphatic heterocycles. The van der Waals surface area contributed by atoms with Gasteiger partial charge in [-0.3, -0.25) is 4.90 Å². The summed E-state index contributed by atoms with van der Waals surface area (Å²) < 4.78 is 0. The van der Waals surface area contributed by atoms with Crippen molar-refractivity contribution in [1.82, 2.24) is 4.90 Å². The van der Waals surface area contributed by atoms with Gasteiger partial charge in [0.2, 0.25) is 0 Å². The minimum absolute atomic E-state index is 0.00713. The van der Waals surface area contributed by atoms with E-state index >= 15 is 0 Å². The lowest BCUT2D eigenvalue weighted by Gasteiger charge is -2.34. The first kappa shape index (κ1) is 8.93. The van der Waals surface area contributed by atoms with Gasteiger partial charge in [0.1, 0.15) is 0 Å². The molecular formula is C7H16N2O2. The van der Waals surface area contributed by atoms with E-state index in [9.17, 15) is 5.11 Å². The molecule has 1 heterocycles. The minimum Gasteiger partial charge on any atom is -0.396 e. The van der Waals surface area contributed by atoms with Crippen LogP contribution < -0.4 is 5.73 Å². The lowest BCUT2D eigenvalue weighted by atomic mass is 9.96. The summed E-state index contributed by atoms with van der Waals surface area (Å²) in [5, 5.41) is 18.2. The van der Waals surface area contributed by atoms with Gasteiger partial charge >= 0.3 is 0 Å². The second-order valence-electron chi connectivity index (χ2n) is 3.06. The quantitative estimate of drug-likeness (QED) is 0.463. The van der Waals surface area contributed by atoms with E-state index in [4.69, 9.17) is 10.8 Å². The summed E-state index contributed by atoms with van der Waals surface area (Å²) in [5.41, 5.74) is 5.43. The molecule has 4 heteroatoms. The number of rotatable bonds is 2. The Kier molecular flexibility index (Phi) is 3.26. The fourth-order valence-corrected chi connectivity index (χ4v) is 1.44. The summed E-state index contributed by atoms with van der Waals surface area (Å²) in [5.74, 6) is -0.00713. The van der Waals surface area contributed by atoms with Gasteiger partial charge in [0, 0.05) is 32.3 Å². The zero-order chi connectivity index (χ0) is 8.27. The molecule has 66 valence electrons. The molecule has 11 heavy (non-hydrogen) atoms. The van der Waals surface area contributed by atoms with Crippen LogP contribution in [0.4, 0.5) is 0 Å². The molecule has 0 spiro atoms. The molecule has 0 aromatic rings. The first-order chi connectivity index (χ1) is 5.27. The van der Waals surface area contributed by atoms with Crippen molar-refractivity contribution in [1.29, 1.82) is 0 Å². The van der Waals surface area contributed by atoms with Gasteiger partial charge in [-0.25, -0.2) is 0 Å². The Morgan fingerprint density at radius 3 is 2.82 bits per heavy atom. The van der Waals surface area contributed by atoms with E-state index < -0.39 is 0 Å². The van der Waals surface area contributed by atoms with Gasteiger partial charge in [-0.15, -0.1) is 0 Å². The van der Waals surface area contributed by atoms with Crippen molar-refractivity contribution in [2.75, 3.05) is 26.4 Å². The molecule has 1 saturated heterocycles. The van der Waals surface area contributed by atoms with Crippen LogP contribution in [-0.2, 0) is 0 Å². The fourth-order valence-electron chi connectivity index (χ4n) is 1.44. The summed E-state index contributed by atoms with van der Waals surface area (Å²) in [6.07, 6.45) is 0.380. The van der Waals surface area contributed by atoms with E-state index in [2.05, 4.69) is 0 Å². The summed E-state index contributed by atoms with van der Waals surface area (Å²) >= 11 is 0. The van der Waals surface area contributed by atoms with Crippen LogP contribution in [0.25, 0.3) is 0 Å². The number of aliphatic hydroxyl groups excluding tert-OH is 2. The van der Waals surface area contributed by atoms with Crippen molar-refractivity contribution >= 4 is 0 Å². The van der Waals surface area contributed by atoms with Gasteiger partial charge in [0.15, 0.2) is 0 Å². The maximum absolute atomic E-state index is 9.35. The number of piperidine rings is 1. The van der Waals surface area contributed by atoms with Crippen LogP contribution in [0.15, 0.2) is 0 Å². The fraction of sp³-hybridized carbons (Fsp3) is 1.00. The van der Waals surface area contributed by atoms with Crippen molar-refractivity contribution in [3.8, 4) is 0 Å². The average Bonchev–Trinajstić information content (AvgIpc) is 2.05.